The van der Waals surface area contributed by atoms with Gasteiger partial charge in [-0.3, -0.25) is 4.79 Å². The second-order valence-corrected chi connectivity index (χ2v) is 11.8. The molecule has 3 saturated heterocycles. The molecule has 0 spiro atoms. The van der Waals surface area contributed by atoms with E-state index in [-0.39, 0.29) is 11.3 Å². The summed E-state index contributed by atoms with van der Waals surface area (Å²) < 4.78 is 28.4. The molecule has 0 aliphatic carbocycles. The first-order chi connectivity index (χ1) is 21.6. The van der Waals surface area contributed by atoms with Gasteiger partial charge in [-0.25, -0.2) is 0 Å². The number of phenols is 1. The van der Waals surface area contributed by atoms with Crippen LogP contribution in [0, 0.1) is 0 Å². The van der Waals surface area contributed by atoms with Crippen LogP contribution in [-0.4, -0.2) is 168 Å². The number of benzene rings is 1. The summed E-state index contributed by atoms with van der Waals surface area (Å²) in [5, 5.41) is 105. The average Bonchev–Trinajstić information content (AvgIpc) is 3.03. The molecule has 16 atom stereocenters. The third-order valence-electron chi connectivity index (χ3n) is 9.17. The quantitative estimate of drug-likeness (QED) is 0.110. The van der Waals surface area contributed by atoms with Gasteiger partial charge in [0.15, 0.2) is 18.9 Å². The van der Waals surface area contributed by atoms with Crippen molar-refractivity contribution in [3.63, 3.8) is 0 Å². The van der Waals surface area contributed by atoms with Crippen molar-refractivity contribution in [1.82, 2.24) is 0 Å². The van der Waals surface area contributed by atoms with Crippen molar-refractivity contribution >= 4 is 5.97 Å². The lowest BCUT2D eigenvalue weighted by molar-refractivity contribution is -0.366. The Morgan fingerprint density at radius 2 is 1.41 bits per heavy atom. The molecule has 1 aromatic carbocycles. The van der Waals surface area contributed by atoms with E-state index in [0.717, 1.165) is 13.0 Å². The van der Waals surface area contributed by atoms with E-state index in [9.17, 15) is 55.9 Å². The largest absolute Gasteiger partial charge is 0.508 e. The fourth-order valence-corrected chi connectivity index (χ4v) is 6.15. The average molecular weight is 666 g/mol. The number of carbonyl (C=O) groups is 1. The van der Waals surface area contributed by atoms with Gasteiger partial charge in [0.25, 0.3) is 0 Å². The standard InChI is InChI=1S/C27H43N3O16/c1-26(25(40)41,9-3-2-4-10(34)5-9)27(8-33)21(38)18(37)15(30)24(46-27)45-20-12(7-32)43-23(14(29)17(20)36)44-19-11(6-31)42-22(39)13(28)16(19)35/h2-5,11-24,31-39H,6-8,28-30H2,1H3,(H,40,41)/t11-,12-,13-,14-,15-,16-,17-,18-,19?,20?,21+,22-,23+,24+,26?,27-/m1/s1. The Labute approximate surface area is 262 Å². The number of aromatic hydroxyl groups is 1. The number of ether oxygens (including phenoxy) is 5. The summed E-state index contributed by atoms with van der Waals surface area (Å²) in [5.41, 5.74) is 13.0. The highest BCUT2D eigenvalue weighted by Gasteiger charge is 2.66. The van der Waals surface area contributed by atoms with E-state index in [2.05, 4.69) is 0 Å². The Bertz CT molecular complexity index is 1200. The molecule has 4 rings (SSSR count). The van der Waals surface area contributed by atoms with E-state index >= 15 is 0 Å². The zero-order valence-corrected chi connectivity index (χ0v) is 24.7. The zero-order chi connectivity index (χ0) is 34.3. The molecule has 0 aromatic heterocycles. The SMILES string of the molecule is CC(C(=O)O)(c1cccc(O)c1)[C@]1(CO)O[C@H](OC2[C@@H](CO)O[C@@H](OC3[C@@H](CO)O[C@@H](O)[C@H](N)[C@H]3O)[C@H](N)[C@H]2O)[C@H](N)[C@@H](O)[C@@H]1O. The highest BCUT2D eigenvalue weighted by molar-refractivity contribution is 5.83. The number of nitrogens with two attached hydrogens (primary N) is 3. The van der Waals surface area contributed by atoms with Crippen LogP contribution >= 0.6 is 0 Å². The molecule has 3 unspecified atom stereocenters. The highest BCUT2D eigenvalue weighted by Crippen LogP contribution is 2.46. The van der Waals surface area contributed by atoms with Gasteiger partial charge >= 0.3 is 5.97 Å². The van der Waals surface area contributed by atoms with Gasteiger partial charge in [-0.15, -0.1) is 0 Å². The summed E-state index contributed by atoms with van der Waals surface area (Å²) in [6.07, 6.45) is -18.4. The van der Waals surface area contributed by atoms with Crippen LogP contribution in [0.25, 0.3) is 0 Å². The minimum atomic E-state index is -2.57. The Morgan fingerprint density at radius 3 is 1.96 bits per heavy atom. The molecule has 0 saturated carbocycles. The maximum Gasteiger partial charge on any atom is 0.317 e. The van der Waals surface area contributed by atoms with Crippen molar-refractivity contribution in [1.29, 1.82) is 0 Å². The first kappa shape index (κ1) is 36.7. The lowest BCUT2D eigenvalue weighted by Crippen LogP contribution is -2.76. The summed E-state index contributed by atoms with van der Waals surface area (Å²) in [5.74, 6) is -1.98. The normalized spacial score (nSPS) is 44.8. The van der Waals surface area contributed by atoms with E-state index in [1.165, 1.54) is 18.2 Å². The van der Waals surface area contributed by atoms with Crippen LogP contribution in [0.2, 0.25) is 0 Å². The van der Waals surface area contributed by atoms with Gasteiger partial charge in [0.1, 0.15) is 65.6 Å². The molecule has 1 aromatic rings. The van der Waals surface area contributed by atoms with Gasteiger partial charge in [-0.2, -0.15) is 0 Å². The maximum atomic E-state index is 12.8. The van der Waals surface area contributed by atoms with Crippen LogP contribution in [0.3, 0.4) is 0 Å². The van der Waals surface area contributed by atoms with Crippen LogP contribution in [0.1, 0.15) is 12.5 Å². The Morgan fingerprint density at radius 1 is 0.870 bits per heavy atom. The molecule has 19 nitrogen and oxygen atoms in total. The van der Waals surface area contributed by atoms with Crippen molar-refractivity contribution in [3.05, 3.63) is 29.8 Å². The number of aliphatic hydroxyl groups is 8. The molecule has 0 amide bonds. The number of carboxylic acid groups (broad SMARTS) is 1. The van der Waals surface area contributed by atoms with Crippen LogP contribution in [0.5, 0.6) is 5.75 Å². The molecule has 0 radical (unpaired) electrons. The van der Waals surface area contributed by atoms with Crippen LogP contribution < -0.4 is 17.2 Å². The van der Waals surface area contributed by atoms with Gasteiger partial charge < -0.3 is 92.0 Å². The van der Waals surface area contributed by atoms with Gasteiger partial charge in [0, 0.05) is 0 Å². The lowest BCUT2D eigenvalue weighted by atomic mass is 9.63. The molecular weight excluding hydrogens is 622 g/mol. The number of carboxylic acids is 1. The van der Waals surface area contributed by atoms with Crippen LogP contribution in [-0.2, 0) is 33.9 Å². The van der Waals surface area contributed by atoms with Crippen LogP contribution in [0.4, 0.5) is 0 Å². The van der Waals surface area contributed by atoms with Gasteiger partial charge in [-0.05, 0) is 24.6 Å². The zero-order valence-electron chi connectivity index (χ0n) is 24.7. The smallest absolute Gasteiger partial charge is 0.317 e. The second-order valence-electron chi connectivity index (χ2n) is 11.8. The van der Waals surface area contributed by atoms with Gasteiger partial charge in [0.05, 0.1) is 37.9 Å². The van der Waals surface area contributed by atoms with E-state index in [0.29, 0.717) is 0 Å². The summed E-state index contributed by atoms with van der Waals surface area (Å²) >= 11 is 0. The Hall–Kier alpha value is -2.15. The van der Waals surface area contributed by atoms with Crippen molar-refractivity contribution in [3.8, 4) is 5.75 Å². The van der Waals surface area contributed by atoms with E-state index in [1.807, 2.05) is 0 Å². The molecule has 3 aliphatic rings. The molecule has 3 fully saturated rings. The Balaban J connectivity index is 1.62. The van der Waals surface area contributed by atoms with Crippen LogP contribution in [0.15, 0.2) is 24.3 Å². The second kappa shape index (κ2) is 14.1. The number of aliphatic carboxylic acids is 1. The molecule has 19 heteroatoms. The number of rotatable bonds is 10. The van der Waals surface area contributed by atoms with Crippen molar-refractivity contribution in [2.24, 2.45) is 17.2 Å². The number of hydrogen-bond acceptors (Lipinski definition) is 18. The van der Waals surface area contributed by atoms with E-state index in [1.54, 1.807) is 0 Å². The fourth-order valence-electron chi connectivity index (χ4n) is 6.15. The van der Waals surface area contributed by atoms with Crippen molar-refractivity contribution in [2.75, 3.05) is 19.8 Å². The summed E-state index contributed by atoms with van der Waals surface area (Å²) in [7, 11) is 0. The first-order valence-electron chi connectivity index (χ1n) is 14.4. The third kappa shape index (κ3) is 6.12. The predicted molar refractivity (Wildman–Crippen MR) is 149 cm³/mol. The van der Waals surface area contributed by atoms with Gasteiger partial charge in [0.2, 0.25) is 0 Å². The highest BCUT2D eigenvalue weighted by atomic mass is 16.7. The molecule has 46 heavy (non-hydrogen) atoms. The minimum absolute atomic E-state index is 0.131. The van der Waals surface area contributed by atoms with Crippen molar-refractivity contribution < 1.29 is 79.5 Å². The first-order valence-corrected chi connectivity index (χ1v) is 14.4. The summed E-state index contributed by atoms with van der Waals surface area (Å²) in [4.78, 5) is 12.8. The fraction of sp³-hybridized carbons (Fsp3) is 0.741. The molecule has 0 bridgehead atoms. The minimum Gasteiger partial charge on any atom is -0.508 e. The lowest BCUT2D eigenvalue weighted by Gasteiger charge is -2.55. The molecule has 16 N–H and O–H groups in total. The third-order valence-corrected chi connectivity index (χ3v) is 9.17. The molecule has 3 aliphatic heterocycles. The molecule has 3 heterocycles. The monoisotopic (exact) mass is 665 g/mol. The predicted octanol–water partition coefficient (Wildman–Crippen LogP) is -6.56. The number of aliphatic hydroxyl groups excluding tert-OH is 8. The Kier molecular flexibility index (Phi) is 11.3. The molecular formula is C27H43N3O16. The summed E-state index contributed by atoms with van der Waals surface area (Å²) in [6, 6.07) is 0.467. The van der Waals surface area contributed by atoms with E-state index < -0.39 is 123 Å². The topological polar surface area (TPSA) is 344 Å². The number of phenolic OH excluding ortho intramolecular Hbond substituents is 1. The van der Waals surface area contributed by atoms with Crippen molar-refractivity contribution in [2.45, 2.75) is 104 Å². The summed E-state index contributed by atoms with van der Waals surface area (Å²) in [6.45, 7) is -1.70. The van der Waals surface area contributed by atoms with Gasteiger partial charge in [-0.1, -0.05) is 12.1 Å². The van der Waals surface area contributed by atoms with E-state index in [4.69, 9.17) is 40.9 Å². The maximum absolute atomic E-state index is 12.8. The molecule has 262 valence electrons. The number of hydrogen-bond donors (Lipinski definition) is 13.